The van der Waals surface area contributed by atoms with Gasteiger partial charge >= 0.3 is 0 Å². The van der Waals surface area contributed by atoms with Gasteiger partial charge in [0, 0.05) is 20.1 Å². The Labute approximate surface area is 115 Å². The molecule has 0 aliphatic heterocycles. The molecule has 0 saturated carbocycles. The first-order valence-corrected chi connectivity index (χ1v) is 7.13. The summed E-state index contributed by atoms with van der Waals surface area (Å²) in [6, 6.07) is 0. The molecule has 0 aromatic carbocycles. The van der Waals surface area contributed by atoms with E-state index in [0.29, 0.717) is 6.54 Å². The van der Waals surface area contributed by atoms with E-state index in [0.717, 1.165) is 24.9 Å². The zero-order valence-electron chi connectivity index (χ0n) is 12.3. The highest BCUT2D eigenvalue weighted by Crippen LogP contribution is 1.97. The van der Waals surface area contributed by atoms with Crippen molar-refractivity contribution >= 4 is 5.96 Å². The van der Waals surface area contributed by atoms with E-state index in [1.165, 1.54) is 25.7 Å². The molecule has 2 N–H and O–H groups in total. The summed E-state index contributed by atoms with van der Waals surface area (Å²) in [6.07, 6.45) is 6.76. The zero-order valence-corrected chi connectivity index (χ0v) is 12.3. The van der Waals surface area contributed by atoms with Crippen LogP contribution in [-0.2, 0) is 13.1 Å². The van der Waals surface area contributed by atoms with Crippen LogP contribution < -0.4 is 10.6 Å². The van der Waals surface area contributed by atoms with Crippen molar-refractivity contribution in [3.63, 3.8) is 0 Å². The molecule has 1 rings (SSSR count). The van der Waals surface area contributed by atoms with Crippen molar-refractivity contribution < 1.29 is 0 Å². The van der Waals surface area contributed by atoms with E-state index >= 15 is 0 Å². The minimum absolute atomic E-state index is 0.641. The molecule has 0 fully saturated rings. The summed E-state index contributed by atoms with van der Waals surface area (Å²) >= 11 is 0. The third kappa shape index (κ3) is 5.72. The van der Waals surface area contributed by atoms with Gasteiger partial charge in [-0.1, -0.05) is 26.2 Å². The number of hydrogen-bond donors (Lipinski definition) is 2. The molecule has 0 aliphatic rings. The minimum Gasteiger partial charge on any atom is -0.356 e. The Morgan fingerprint density at radius 3 is 2.79 bits per heavy atom. The Kier molecular flexibility index (Phi) is 7.62. The Hall–Kier alpha value is -1.59. The van der Waals surface area contributed by atoms with Crippen LogP contribution in [-0.4, -0.2) is 34.3 Å². The summed E-state index contributed by atoms with van der Waals surface area (Å²) in [7, 11) is 1.78. The first-order chi connectivity index (χ1) is 9.31. The standard InChI is InChI=1S/C13H26N6/c1-4-6-7-8-9-15-13(14-3)16-10-12-18-17-11-19(12)5-2/h11H,4-10H2,1-3H3,(H2,14,15,16). The van der Waals surface area contributed by atoms with Gasteiger partial charge in [-0.3, -0.25) is 4.99 Å². The molecule has 6 heteroatoms. The SMILES string of the molecule is CCCCCCNC(=NC)NCc1nncn1CC. The largest absolute Gasteiger partial charge is 0.356 e. The van der Waals surface area contributed by atoms with E-state index in [1.54, 1.807) is 13.4 Å². The van der Waals surface area contributed by atoms with Crippen molar-refractivity contribution in [2.45, 2.75) is 52.6 Å². The van der Waals surface area contributed by atoms with Gasteiger partial charge < -0.3 is 15.2 Å². The number of unbranched alkanes of at least 4 members (excludes halogenated alkanes) is 3. The van der Waals surface area contributed by atoms with Crippen molar-refractivity contribution in [2.75, 3.05) is 13.6 Å². The fourth-order valence-corrected chi connectivity index (χ4v) is 1.82. The zero-order chi connectivity index (χ0) is 13.9. The Morgan fingerprint density at radius 2 is 2.11 bits per heavy atom. The number of aromatic nitrogens is 3. The van der Waals surface area contributed by atoms with Gasteiger partial charge in [0.05, 0.1) is 6.54 Å². The summed E-state index contributed by atoms with van der Waals surface area (Å²) in [6.45, 7) is 6.78. The average molecular weight is 266 g/mol. The van der Waals surface area contributed by atoms with Crippen LogP contribution in [0.1, 0.15) is 45.4 Å². The number of nitrogens with one attached hydrogen (secondary N) is 2. The van der Waals surface area contributed by atoms with Crippen LogP contribution >= 0.6 is 0 Å². The maximum atomic E-state index is 4.20. The molecule has 0 aliphatic carbocycles. The molecule has 1 aromatic rings. The van der Waals surface area contributed by atoms with Crippen LogP contribution in [0.4, 0.5) is 0 Å². The quantitative estimate of drug-likeness (QED) is 0.425. The summed E-state index contributed by atoms with van der Waals surface area (Å²) in [4.78, 5) is 4.20. The van der Waals surface area contributed by atoms with Gasteiger partial charge in [-0.15, -0.1) is 10.2 Å². The van der Waals surface area contributed by atoms with Crippen molar-refractivity contribution in [1.82, 2.24) is 25.4 Å². The van der Waals surface area contributed by atoms with Crippen molar-refractivity contribution in [1.29, 1.82) is 0 Å². The number of guanidine groups is 1. The lowest BCUT2D eigenvalue weighted by Crippen LogP contribution is -2.37. The third-order valence-electron chi connectivity index (χ3n) is 3.00. The van der Waals surface area contributed by atoms with Crippen molar-refractivity contribution in [3.8, 4) is 0 Å². The molecule has 0 spiro atoms. The van der Waals surface area contributed by atoms with E-state index < -0.39 is 0 Å². The van der Waals surface area contributed by atoms with Gasteiger partial charge in [0.15, 0.2) is 11.8 Å². The molecule has 0 atom stereocenters. The fraction of sp³-hybridized carbons (Fsp3) is 0.769. The second-order valence-electron chi connectivity index (χ2n) is 4.45. The van der Waals surface area contributed by atoms with Gasteiger partial charge in [-0.2, -0.15) is 0 Å². The highest BCUT2D eigenvalue weighted by atomic mass is 15.3. The van der Waals surface area contributed by atoms with Gasteiger partial charge in [0.2, 0.25) is 0 Å². The molecule has 1 aromatic heterocycles. The van der Waals surface area contributed by atoms with E-state index in [-0.39, 0.29) is 0 Å². The topological polar surface area (TPSA) is 67.1 Å². The number of nitrogens with zero attached hydrogens (tertiary/aromatic N) is 4. The van der Waals surface area contributed by atoms with Gasteiger partial charge in [-0.25, -0.2) is 0 Å². The summed E-state index contributed by atoms with van der Waals surface area (Å²) in [5.74, 6) is 1.75. The predicted molar refractivity (Wildman–Crippen MR) is 78.0 cm³/mol. The Morgan fingerprint density at radius 1 is 1.26 bits per heavy atom. The molecule has 0 unspecified atom stereocenters. The van der Waals surface area contributed by atoms with Gasteiger partial charge in [0.25, 0.3) is 0 Å². The average Bonchev–Trinajstić information content (AvgIpc) is 2.89. The molecule has 0 bridgehead atoms. The molecular formula is C13H26N6. The molecule has 0 saturated heterocycles. The maximum absolute atomic E-state index is 4.20. The normalized spacial score (nSPS) is 11.6. The number of hydrogen-bond acceptors (Lipinski definition) is 3. The van der Waals surface area contributed by atoms with Crippen molar-refractivity contribution in [3.05, 3.63) is 12.2 Å². The molecule has 19 heavy (non-hydrogen) atoms. The first kappa shape index (κ1) is 15.5. The maximum Gasteiger partial charge on any atom is 0.191 e. The van der Waals surface area contributed by atoms with Crippen LogP contribution in [0.2, 0.25) is 0 Å². The monoisotopic (exact) mass is 266 g/mol. The van der Waals surface area contributed by atoms with E-state index in [9.17, 15) is 0 Å². The highest BCUT2D eigenvalue weighted by molar-refractivity contribution is 5.79. The summed E-state index contributed by atoms with van der Waals surface area (Å²) in [5.41, 5.74) is 0. The molecule has 0 amide bonds. The molecule has 108 valence electrons. The minimum atomic E-state index is 0.641. The Balaban J connectivity index is 2.25. The molecule has 1 heterocycles. The number of aryl methyl sites for hydroxylation is 1. The smallest absolute Gasteiger partial charge is 0.191 e. The summed E-state index contributed by atoms with van der Waals surface area (Å²) in [5, 5.41) is 14.5. The van der Waals surface area contributed by atoms with Crippen LogP contribution in [0.5, 0.6) is 0 Å². The lowest BCUT2D eigenvalue weighted by atomic mass is 10.2. The van der Waals surface area contributed by atoms with Gasteiger partial charge in [0.1, 0.15) is 6.33 Å². The third-order valence-corrected chi connectivity index (χ3v) is 3.00. The van der Waals surface area contributed by atoms with Crippen molar-refractivity contribution in [2.24, 2.45) is 4.99 Å². The second kappa shape index (κ2) is 9.35. The van der Waals surface area contributed by atoms with Crippen LogP contribution in [0.25, 0.3) is 0 Å². The van der Waals surface area contributed by atoms with E-state index in [4.69, 9.17) is 0 Å². The Bertz CT molecular complexity index is 371. The highest BCUT2D eigenvalue weighted by Gasteiger charge is 2.03. The first-order valence-electron chi connectivity index (χ1n) is 7.13. The molecular weight excluding hydrogens is 240 g/mol. The van der Waals surface area contributed by atoms with Crippen LogP contribution in [0.15, 0.2) is 11.3 Å². The van der Waals surface area contributed by atoms with Gasteiger partial charge in [-0.05, 0) is 13.3 Å². The summed E-state index contributed by atoms with van der Waals surface area (Å²) < 4.78 is 2.02. The van der Waals surface area contributed by atoms with E-state index in [2.05, 4.69) is 39.7 Å². The van der Waals surface area contributed by atoms with Crippen LogP contribution in [0, 0.1) is 0 Å². The molecule has 6 nitrogen and oxygen atoms in total. The second-order valence-corrected chi connectivity index (χ2v) is 4.45. The number of aliphatic imine (C=N–C) groups is 1. The lowest BCUT2D eigenvalue weighted by molar-refractivity contribution is 0.638. The van der Waals surface area contributed by atoms with E-state index in [1.807, 2.05) is 4.57 Å². The number of rotatable bonds is 8. The lowest BCUT2D eigenvalue weighted by Gasteiger charge is -2.11. The predicted octanol–water partition coefficient (Wildman–Crippen LogP) is 1.54. The molecule has 0 radical (unpaired) electrons. The fourth-order valence-electron chi connectivity index (χ4n) is 1.82. The van der Waals surface area contributed by atoms with Crippen LogP contribution in [0.3, 0.4) is 0 Å².